The second-order valence-corrected chi connectivity index (χ2v) is 5.52. The molecule has 0 aromatic heterocycles. The summed E-state index contributed by atoms with van der Waals surface area (Å²) in [6.07, 6.45) is -0.0602. The van der Waals surface area contributed by atoms with Crippen molar-refractivity contribution in [2.24, 2.45) is 0 Å². The molecule has 0 radical (unpaired) electrons. The van der Waals surface area contributed by atoms with E-state index in [-0.39, 0.29) is 25.1 Å². The summed E-state index contributed by atoms with van der Waals surface area (Å²) in [5.74, 6) is -0.697. The molecule has 0 spiro atoms. The van der Waals surface area contributed by atoms with Crippen LogP contribution in [0.2, 0.25) is 0 Å². The van der Waals surface area contributed by atoms with E-state index in [1.807, 2.05) is 0 Å². The fraction of sp³-hybridized carbons (Fsp3) is 0.833. The van der Waals surface area contributed by atoms with Crippen molar-refractivity contribution >= 4 is 24.9 Å². The summed E-state index contributed by atoms with van der Waals surface area (Å²) in [4.78, 5) is 10.1. The highest BCUT2D eigenvalue weighted by Crippen LogP contribution is 2.42. The van der Waals surface area contributed by atoms with E-state index in [4.69, 9.17) is 21.2 Å². The van der Waals surface area contributed by atoms with Crippen LogP contribution in [-0.4, -0.2) is 36.4 Å². The average molecular weight is 215 g/mol. The lowest BCUT2D eigenvalue weighted by Crippen LogP contribution is -2.02. The van der Waals surface area contributed by atoms with E-state index in [2.05, 4.69) is 0 Å². The van der Waals surface area contributed by atoms with Gasteiger partial charge in [-0.25, -0.2) is 0 Å². The molecule has 1 unspecified atom stereocenters. The predicted octanol–water partition coefficient (Wildman–Crippen LogP) is 1.62. The fourth-order valence-corrected chi connectivity index (χ4v) is 1.98. The standard InChI is InChI=1S/C6H12ClO4P/c1-12(10,11-4-3-7)5-2-6(8)9/h2-5H2,1H3,(H,8,9). The topological polar surface area (TPSA) is 63.6 Å². The van der Waals surface area contributed by atoms with Gasteiger partial charge >= 0.3 is 5.97 Å². The van der Waals surface area contributed by atoms with E-state index in [1.165, 1.54) is 6.66 Å². The van der Waals surface area contributed by atoms with Gasteiger partial charge in [-0.1, -0.05) is 0 Å². The molecule has 0 aromatic carbocycles. The van der Waals surface area contributed by atoms with Gasteiger partial charge in [-0.3, -0.25) is 9.36 Å². The minimum Gasteiger partial charge on any atom is -0.481 e. The summed E-state index contributed by atoms with van der Waals surface area (Å²) in [6, 6.07) is 0. The quantitative estimate of drug-likeness (QED) is 0.539. The maximum absolute atomic E-state index is 11.3. The van der Waals surface area contributed by atoms with Crippen LogP contribution in [0.15, 0.2) is 0 Å². The number of aliphatic carboxylic acids is 1. The number of carboxylic acid groups (broad SMARTS) is 1. The van der Waals surface area contributed by atoms with Gasteiger partial charge in [0.1, 0.15) is 0 Å². The normalized spacial score (nSPS) is 15.5. The van der Waals surface area contributed by atoms with Crippen molar-refractivity contribution in [2.45, 2.75) is 6.42 Å². The number of carbonyl (C=O) groups is 1. The molecule has 0 saturated heterocycles. The van der Waals surface area contributed by atoms with Crippen molar-refractivity contribution in [1.82, 2.24) is 0 Å². The van der Waals surface area contributed by atoms with Crippen LogP contribution >= 0.6 is 19.0 Å². The zero-order chi connectivity index (χ0) is 9.61. The van der Waals surface area contributed by atoms with Gasteiger partial charge in [0, 0.05) is 18.7 Å². The van der Waals surface area contributed by atoms with Crippen LogP contribution in [-0.2, 0) is 13.9 Å². The van der Waals surface area contributed by atoms with Crippen LogP contribution in [0.4, 0.5) is 0 Å². The Morgan fingerprint density at radius 1 is 1.67 bits per heavy atom. The first-order chi connectivity index (χ1) is 5.48. The van der Waals surface area contributed by atoms with Crippen LogP contribution in [0.3, 0.4) is 0 Å². The van der Waals surface area contributed by atoms with E-state index in [9.17, 15) is 9.36 Å². The molecule has 12 heavy (non-hydrogen) atoms. The molecule has 0 amide bonds. The molecule has 1 atom stereocenters. The zero-order valence-corrected chi connectivity index (χ0v) is 8.48. The minimum atomic E-state index is -2.73. The van der Waals surface area contributed by atoms with Crippen molar-refractivity contribution in [2.75, 3.05) is 25.3 Å². The largest absolute Gasteiger partial charge is 0.481 e. The lowest BCUT2D eigenvalue weighted by molar-refractivity contribution is -0.136. The van der Waals surface area contributed by atoms with Crippen molar-refractivity contribution in [3.8, 4) is 0 Å². The van der Waals surface area contributed by atoms with E-state index >= 15 is 0 Å². The summed E-state index contributed by atoms with van der Waals surface area (Å²) >= 11 is 5.31. The summed E-state index contributed by atoms with van der Waals surface area (Å²) in [7, 11) is -2.73. The molecule has 4 nitrogen and oxygen atoms in total. The van der Waals surface area contributed by atoms with E-state index in [0.29, 0.717) is 0 Å². The van der Waals surface area contributed by atoms with Crippen LogP contribution in [0.25, 0.3) is 0 Å². The Balaban J connectivity index is 3.71. The number of rotatable bonds is 6. The molecular formula is C6H12ClO4P. The molecule has 0 saturated carbocycles. The Hall–Kier alpha value is -0.0500. The summed E-state index contributed by atoms with van der Waals surface area (Å²) < 4.78 is 16.2. The number of alkyl halides is 1. The summed E-state index contributed by atoms with van der Waals surface area (Å²) in [5.41, 5.74) is 0. The van der Waals surface area contributed by atoms with Gasteiger partial charge in [-0.15, -0.1) is 11.6 Å². The zero-order valence-electron chi connectivity index (χ0n) is 6.83. The second kappa shape index (κ2) is 5.57. The Morgan fingerprint density at radius 2 is 2.25 bits per heavy atom. The second-order valence-electron chi connectivity index (χ2n) is 2.40. The van der Waals surface area contributed by atoms with Crippen molar-refractivity contribution < 1.29 is 19.0 Å². The molecule has 0 aliphatic carbocycles. The van der Waals surface area contributed by atoms with Crippen molar-refractivity contribution in [1.29, 1.82) is 0 Å². The van der Waals surface area contributed by atoms with Crippen LogP contribution < -0.4 is 0 Å². The molecule has 0 aliphatic heterocycles. The summed E-state index contributed by atoms with van der Waals surface area (Å²) in [6.45, 7) is 1.62. The van der Waals surface area contributed by atoms with Gasteiger partial charge in [0.2, 0.25) is 7.37 Å². The van der Waals surface area contributed by atoms with E-state index < -0.39 is 13.3 Å². The maximum atomic E-state index is 11.3. The number of halogens is 1. The molecule has 0 bridgehead atoms. The molecule has 6 heteroatoms. The van der Waals surface area contributed by atoms with Gasteiger partial charge in [0.25, 0.3) is 0 Å². The van der Waals surface area contributed by atoms with Gasteiger partial charge in [-0.2, -0.15) is 0 Å². The Bertz CT molecular complexity index is 194. The summed E-state index contributed by atoms with van der Waals surface area (Å²) in [5, 5.41) is 8.30. The Morgan fingerprint density at radius 3 is 2.67 bits per heavy atom. The van der Waals surface area contributed by atoms with Crippen molar-refractivity contribution in [3.05, 3.63) is 0 Å². The SMILES string of the molecule is CP(=O)(CCC(=O)O)OCCCl. The first-order valence-corrected chi connectivity index (χ1v) is 6.26. The third-order valence-electron chi connectivity index (χ3n) is 1.17. The third kappa shape index (κ3) is 6.65. The monoisotopic (exact) mass is 214 g/mol. The van der Waals surface area contributed by atoms with E-state index in [1.54, 1.807) is 0 Å². The third-order valence-corrected chi connectivity index (χ3v) is 3.09. The highest BCUT2D eigenvalue weighted by atomic mass is 35.5. The lowest BCUT2D eigenvalue weighted by atomic mass is 10.5. The molecule has 0 rings (SSSR count). The Kier molecular flexibility index (Phi) is 5.55. The van der Waals surface area contributed by atoms with Crippen LogP contribution in [0.5, 0.6) is 0 Å². The first-order valence-electron chi connectivity index (χ1n) is 3.47. The fourth-order valence-electron chi connectivity index (χ4n) is 0.591. The number of hydrogen-bond donors (Lipinski definition) is 1. The minimum absolute atomic E-state index is 0.0687. The number of hydrogen-bond acceptors (Lipinski definition) is 3. The lowest BCUT2D eigenvalue weighted by Gasteiger charge is -2.10. The molecular weight excluding hydrogens is 202 g/mol. The highest BCUT2D eigenvalue weighted by Gasteiger charge is 2.16. The average Bonchev–Trinajstić information content (AvgIpc) is 1.98. The molecule has 0 aromatic rings. The molecule has 72 valence electrons. The molecule has 0 heterocycles. The Labute approximate surface area is 76.3 Å². The molecule has 1 N–H and O–H groups in total. The predicted molar refractivity (Wildman–Crippen MR) is 47.3 cm³/mol. The maximum Gasteiger partial charge on any atom is 0.303 e. The van der Waals surface area contributed by atoms with Crippen LogP contribution in [0.1, 0.15) is 6.42 Å². The van der Waals surface area contributed by atoms with Gasteiger partial charge in [0.05, 0.1) is 13.0 Å². The molecule has 0 fully saturated rings. The van der Waals surface area contributed by atoms with E-state index in [0.717, 1.165) is 0 Å². The number of carboxylic acids is 1. The molecule has 0 aliphatic rings. The van der Waals surface area contributed by atoms with Gasteiger partial charge in [0.15, 0.2) is 0 Å². The van der Waals surface area contributed by atoms with Crippen molar-refractivity contribution in [3.63, 3.8) is 0 Å². The van der Waals surface area contributed by atoms with Crippen LogP contribution in [0, 0.1) is 0 Å². The smallest absolute Gasteiger partial charge is 0.303 e. The van der Waals surface area contributed by atoms with Gasteiger partial charge in [-0.05, 0) is 0 Å². The highest BCUT2D eigenvalue weighted by molar-refractivity contribution is 7.58. The van der Waals surface area contributed by atoms with Gasteiger partial charge < -0.3 is 9.63 Å². The first kappa shape index (κ1) is 11.9.